The molecule has 1 aromatic rings. The van der Waals surface area contributed by atoms with Gasteiger partial charge in [0.05, 0.1) is 14.2 Å². The van der Waals surface area contributed by atoms with Crippen molar-refractivity contribution >= 4 is 28.7 Å². The van der Waals surface area contributed by atoms with E-state index in [4.69, 9.17) is 21.7 Å². The van der Waals surface area contributed by atoms with Crippen LogP contribution in [0.5, 0.6) is 11.5 Å². The van der Waals surface area contributed by atoms with Crippen LogP contribution in [0, 0.1) is 11.3 Å². The summed E-state index contributed by atoms with van der Waals surface area (Å²) in [5, 5.41) is 8.09. The Labute approximate surface area is 149 Å². The Hall–Kier alpha value is -1.82. The number of benzene rings is 1. The fraction of sp³-hybridized carbons (Fsp3) is 0.556. The fourth-order valence-corrected chi connectivity index (χ4v) is 3.57. The van der Waals surface area contributed by atoms with E-state index in [-0.39, 0.29) is 0 Å². The summed E-state index contributed by atoms with van der Waals surface area (Å²) >= 11 is 5.33. The second-order valence-electron chi connectivity index (χ2n) is 7.17. The predicted octanol–water partition coefficient (Wildman–Crippen LogP) is 4.19. The molecule has 0 radical (unpaired) electrons. The lowest BCUT2D eigenvalue weighted by molar-refractivity contribution is 0.265. The molecule has 5 nitrogen and oxygen atoms in total. The van der Waals surface area contributed by atoms with E-state index in [1.54, 1.807) is 14.2 Å². The van der Waals surface area contributed by atoms with Crippen LogP contribution in [0.15, 0.2) is 23.3 Å². The maximum absolute atomic E-state index is 5.33. The third-order valence-corrected chi connectivity index (χ3v) is 4.32. The molecule has 24 heavy (non-hydrogen) atoms. The van der Waals surface area contributed by atoms with Gasteiger partial charge in [-0.2, -0.15) is 5.10 Å². The van der Waals surface area contributed by atoms with Gasteiger partial charge < -0.3 is 14.8 Å². The number of rotatable bonds is 4. The molecule has 2 N–H and O–H groups in total. The summed E-state index contributed by atoms with van der Waals surface area (Å²) in [5.41, 5.74) is 5.26. The lowest BCUT2D eigenvalue weighted by Gasteiger charge is -2.34. The van der Waals surface area contributed by atoms with Crippen molar-refractivity contribution in [2.75, 3.05) is 19.5 Å². The molecular weight excluding hydrogens is 322 g/mol. The highest BCUT2D eigenvalue weighted by atomic mass is 32.1. The number of hydrogen-bond donors (Lipinski definition) is 2. The SMILES string of the molecule is COc1ccc(NC(=S)N/N=C2\CC(C)CC(C)(C)C2)cc1OC. The summed E-state index contributed by atoms with van der Waals surface area (Å²) in [4.78, 5) is 0. The van der Waals surface area contributed by atoms with Gasteiger partial charge >= 0.3 is 0 Å². The van der Waals surface area contributed by atoms with Crippen LogP contribution in [0.1, 0.15) is 40.0 Å². The number of ether oxygens (including phenoxy) is 2. The van der Waals surface area contributed by atoms with Crippen molar-refractivity contribution < 1.29 is 9.47 Å². The summed E-state index contributed by atoms with van der Waals surface area (Å²) in [6.45, 7) is 6.85. The normalized spacial score (nSPS) is 21.2. The van der Waals surface area contributed by atoms with Crippen molar-refractivity contribution in [3.63, 3.8) is 0 Å². The molecule has 0 saturated heterocycles. The van der Waals surface area contributed by atoms with Gasteiger partial charge in [0.1, 0.15) is 0 Å². The van der Waals surface area contributed by atoms with Crippen LogP contribution in [-0.4, -0.2) is 25.0 Å². The number of thiocarbonyl (C=S) groups is 1. The maximum Gasteiger partial charge on any atom is 0.191 e. The van der Waals surface area contributed by atoms with Crippen molar-refractivity contribution in [2.24, 2.45) is 16.4 Å². The highest BCUT2D eigenvalue weighted by Gasteiger charge is 2.29. The smallest absolute Gasteiger partial charge is 0.191 e. The molecule has 0 aromatic heterocycles. The van der Waals surface area contributed by atoms with E-state index in [0.29, 0.717) is 27.9 Å². The molecule has 1 fully saturated rings. The molecule has 1 atom stereocenters. The Bertz CT molecular complexity index is 629. The highest BCUT2D eigenvalue weighted by Crippen LogP contribution is 2.36. The topological polar surface area (TPSA) is 54.9 Å². The van der Waals surface area contributed by atoms with Crippen LogP contribution >= 0.6 is 12.2 Å². The minimum atomic E-state index is 0.302. The van der Waals surface area contributed by atoms with Crippen LogP contribution in [0.4, 0.5) is 5.69 Å². The van der Waals surface area contributed by atoms with Crippen molar-refractivity contribution in [3.8, 4) is 11.5 Å². The summed E-state index contributed by atoms with van der Waals surface area (Å²) in [6, 6.07) is 5.56. The van der Waals surface area contributed by atoms with Gasteiger partial charge in [0.15, 0.2) is 16.6 Å². The molecule has 1 saturated carbocycles. The van der Waals surface area contributed by atoms with E-state index in [0.717, 1.165) is 18.5 Å². The number of anilines is 1. The highest BCUT2D eigenvalue weighted by molar-refractivity contribution is 7.80. The summed E-state index contributed by atoms with van der Waals surface area (Å²) in [7, 11) is 3.22. The van der Waals surface area contributed by atoms with Crippen molar-refractivity contribution in [2.45, 2.75) is 40.0 Å². The Kier molecular flexibility index (Phi) is 6.04. The summed E-state index contributed by atoms with van der Waals surface area (Å²) in [5.74, 6) is 1.99. The van der Waals surface area contributed by atoms with Gasteiger partial charge in [-0.05, 0) is 54.9 Å². The Balaban J connectivity index is 1.97. The number of hydrazone groups is 1. The zero-order chi connectivity index (χ0) is 17.7. The third-order valence-electron chi connectivity index (χ3n) is 4.12. The number of nitrogens with zero attached hydrogens (tertiary/aromatic N) is 1. The molecule has 0 bridgehead atoms. The molecule has 1 aliphatic carbocycles. The standard InChI is InChI=1S/C18H27N3O2S/c1-12-8-14(11-18(2,3)10-12)20-21-17(24)19-13-6-7-15(22-4)16(9-13)23-5/h6-7,9,12H,8,10-11H2,1-5H3,(H2,19,21,24)/b20-14+. The zero-order valence-electron chi connectivity index (χ0n) is 15.1. The van der Waals surface area contributed by atoms with Gasteiger partial charge in [-0.1, -0.05) is 20.8 Å². The molecule has 1 unspecified atom stereocenters. The molecule has 1 aliphatic rings. The lowest BCUT2D eigenvalue weighted by atomic mass is 9.72. The van der Waals surface area contributed by atoms with E-state index < -0.39 is 0 Å². The number of hydrogen-bond acceptors (Lipinski definition) is 4. The van der Waals surface area contributed by atoms with Gasteiger partial charge in [-0.15, -0.1) is 0 Å². The number of methoxy groups -OCH3 is 2. The van der Waals surface area contributed by atoms with Crippen LogP contribution in [-0.2, 0) is 0 Å². The van der Waals surface area contributed by atoms with Crippen LogP contribution < -0.4 is 20.2 Å². The minimum absolute atomic E-state index is 0.302. The minimum Gasteiger partial charge on any atom is -0.493 e. The Morgan fingerprint density at radius 2 is 1.96 bits per heavy atom. The molecule has 0 aliphatic heterocycles. The molecule has 6 heteroatoms. The van der Waals surface area contributed by atoms with Gasteiger partial charge in [-0.3, -0.25) is 5.43 Å². The maximum atomic E-state index is 5.33. The average Bonchev–Trinajstić information content (AvgIpc) is 2.51. The van der Waals surface area contributed by atoms with E-state index in [1.165, 1.54) is 12.1 Å². The summed E-state index contributed by atoms with van der Waals surface area (Å²) in [6.07, 6.45) is 3.26. The molecule has 132 valence electrons. The van der Waals surface area contributed by atoms with Gasteiger partial charge in [0.2, 0.25) is 0 Å². The molecule has 0 heterocycles. The van der Waals surface area contributed by atoms with E-state index in [2.05, 4.69) is 36.6 Å². The monoisotopic (exact) mass is 349 g/mol. The second-order valence-corrected chi connectivity index (χ2v) is 7.58. The lowest BCUT2D eigenvalue weighted by Crippen LogP contribution is -2.31. The molecule has 0 spiro atoms. The van der Waals surface area contributed by atoms with Crippen molar-refractivity contribution in [1.82, 2.24) is 5.43 Å². The van der Waals surface area contributed by atoms with Crippen LogP contribution in [0.3, 0.4) is 0 Å². The van der Waals surface area contributed by atoms with Gasteiger partial charge in [-0.25, -0.2) is 0 Å². The zero-order valence-corrected chi connectivity index (χ0v) is 15.9. The van der Waals surface area contributed by atoms with Crippen molar-refractivity contribution in [1.29, 1.82) is 0 Å². The second kappa shape index (κ2) is 7.83. The van der Waals surface area contributed by atoms with E-state index in [9.17, 15) is 0 Å². The molecule has 0 amide bonds. The third kappa shape index (κ3) is 5.09. The first-order valence-electron chi connectivity index (χ1n) is 8.17. The van der Waals surface area contributed by atoms with Gasteiger partial charge in [0, 0.05) is 17.5 Å². The largest absolute Gasteiger partial charge is 0.493 e. The molecular formula is C18H27N3O2S. The first-order chi connectivity index (χ1) is 11.3. The fourth-order valence-electron chi connectivity index (χ4n) is 3.40. The average molecular weight is 350 g/mol. The first-order valence-corrected chi connectivity index (χ1v) is 8.58. The predicted molar refractivity (Wildman–Crippen MR) is 103 cm³/mol. The van der Waals surface area contributed by atoms with Crippen molar-refractivity contribution in [3.05, 3.63) is 18.2 Å². The van der Waals surface area contributed by atoms with Crippen LogP contribution in [0.2, 0.25) is 0 Å². The first kappa shape index (κ1) is 18.5. The Morgan fingerprint density at radius 1 is 1.25 bits per heavy atom. The molecule has 2 rings (SSSR count). The molecule has 1 aromatic carbocycles. The van der Waals surface area contributed by atoms with E-state index >= 15 is 0 Å². The summed E-state index contributed by atoms with van der Waals surface area (Å²) < 4.78 is 10.5. The van der Waals surface area contributed by atoms with E-state index in [1.807, 2.05) is 18.2 Å². The Morgan fingerprint density at radius 3 is 2.58 bits per heavy atom. The van der Waals surface area contributed by atoms with Gasteiger partial charge in [0.25, 0.3) is 0 Å². The van der Waals surface area contributed by atoms with Crippen LogP contribution in [0.25, 0.3) is 0 Å². The quantitative estimate of drug-likeness (QED) is 0.630. The number of nitrogens with one attached hydrogen (secondary N) is 2.